The Balaban J connectivity index is 1.99. The number of fused-ring (bicyclic) bond motifs is 2. The van der Waals surface area contributed by atoms with Crippen LogP contribution in [-0.2, 0) is 16.8 Å². The van der Waals surface area contributed by atoms with Gasteiger partial charge in [0.15, 0.2) is 5.65 Å². The topological polar surface area (TPSA) is 102 Å². The highest BCUT2D eigenvalue weighted by atomic mass is 35.5. The van der Waals surface area contributed by atoms with Gasteiger partial charge in [0.25, 0.3) is 0 Å². The van der Waals surface area contributed by atoms with Crippen molar-refractivity contribution in [1.82, 2.24) is 24.7 Å². The SMILES string of the molecule is CC(=O)Cc1ccc2c(Cl)c(-c3nn(C(C)(C)C)c4ncnc(N)c34)[nH]c2c1. The molecule has 0 aliphatic carbocycles. The number of aromatic amines is 1. The maximum absolute atomic E-state index is 11.4. The molecule has 4 aromatic rings. The predicted octanol–water partition coefficient (Wildman–Crippen LogP) is 4.10. The number of nitrogens with zero attached hydrogens (tertiary/aromatic N) is 4. The zero-order valence-electron chi connectivity index (χ0n) is 16.2. The van der Waals surface area contributed by atoms with Gasteiger partial charge in [-0.25, -0.2) is 14.6 Å². The van der Waals surface area contributed by atoms with Gasteiger partial charge in [0, 0.05) is 17.3 Å². The first-order valence-electron chi connectivity index (χ1n) is 8.96. The molecule has 3 N–H and O–H groups in total. The molecule has 144 valence electrons. The molecule has 8 heteroatoms. The van der Waals surface area contributed by atoms with Gasteiger partial charge in [-0.2, -0.15) is 5.10 Å². The molecule has 0 unspecified atom stereocenters. The Morgan fingerprint density at radius 1 is 1.29 bits per heavy atom. The van der Waals surface area contributed by atoms with Crippen molar-refractivity contribution >= 4 is 45.1 Å². The number of aromatic nitrogens is 5. The second-order valence-corrected chi connectivity index (χ2v) is 8.34. The van der Waals surface area contributed by atoms with Crippen LogP contribution < -0.4 is 5.73 Å². The molecular formula is C20H21ClN6O. The zero-order chi connectivity index (χ0) is 20.2. The number of anilines is 1. The Morgan fingerprint density at radius 2 is 2.04 bits per heavy atom. The van der Waals surface area contributed by atoms with E-state index in [9.17, 15) is 4.79 Å². The Hall–Kier alpha value is -2.93. The lowest BCUT2D eigenvalue weighted by atomic mass is 10.1. The standard InChI is InChI=1S/C20H21ClN6O/c1-10(28)7-11-5-6-12-13(8-11)25-17(15(12)21)16-14-18(22)23-9-24-19(14)27(26-16)20(2,3)4/h5-6,8-9,25H,7H2,1-4H3,(H2,22,23,24). The van der Waals surface area contributed by atoms with Gasteiger partial charge in [-0.3, -0.25) is 4.79 Å². The van der Waals surface area contributed by atoms with E-state index in [0.29, 0.717) is 39.7 Å². The Morgan fingerprint density at radius 3 is 2.71 bits per heavy atom. The number of halogens is 1. The zero-order valence-corrected chi connectivity index (χ0v) is 16.9. The van der Waals surface area contributed by atoms with E-state index < -0.39 is 0 Å². The fourth-order valence-electron chi connectivity index (χ4n) is 3.39. The van der Waals surface area contributed by atoms with Crippen molar-refractivity contribution in [3.8, 4) is 11.4 Å². The van der Waals surface area contributed by atoms with Crippen molar-refractivity contribution in [2.24, 2.45) is 0 Å². The first-order chi connectivity index (χ1) is 13.2. The summed E-state index contributed by atoms with van der Waals surface area (Å²) in [6.07, 6.45) is 1.82. The molecule has 0 saturated heterocycles. The van der Waals surface area contributed by atoms with Crippen LogP contribution in [0, 0.1) is 0 Å². The molecule has 28 heavy (non-hydrogen) atoms. The fourth-order valence-corrected chi connectivity index (χ4v) is 3.69. The van der Waals surface area contributed by atoms with E-state index in [1.807, 2.05) is 43.7 Å². The van der Waals surface area contributed by atoms with Gasteiger partial charge in [0.1, 0.15) is 23.6 Å². The Bertz CT molecular complexity index is 1230. The van der Waals surface area contributed by atoms with Crippen molar-refractivity contribution in [3.05, 3.63) is 35.1 Å². The van der Waals surface area contributed by atoms with E-state index in [0.717, 1.165) is 16.5 Å². The molecule has 0 saturated carbocycles. The molecular weight excluding hydrogens is 376 g/mol. The number of rotatable bonds is 3. The highest BCUT2D eigenvalue weighted by molar-refractivity contribution is 6.38. The molecule has 0 radical (unpaired) electrons. The lowest BCUT2D eigenvalue weighted by Crippen LogP contribution is -2.23. The van der Waals surface area contributed by atoms with Gasteiger partial charge in [-0.05, 0) is 39.3 Å². The van der Waals surface area contributed by atoms with Crippen molar-refractivity contribution in [2.75, 3.05) is 5.73 Å². The monoisotopic (exact) mass is 396 g/mol. The van der Waals surface area contributed by atoms with Gasteiger partial charge >= 0.3 is 0 Å². The second-order valence-electron chi connectivity index (χ2n) is 7.96. The van der Waals surface area contributed by atoms with Crippen LogP contribution in [0.2, 0.25) is 5.02 Å². The third-order valence-electron chi connectivity index (χ3n) is 4.62. The van der Waals surface area contributed by atoms with Crippen LogP contribution >= 0.6 is 11.6 Å². The van der Waals surface area contributed by atoms with E-state index in [-0.39, 0.29) is 11.3 Å². The van der Waals surface area contributed by atoms with E-state index in [4.69, 9.17) is 22.4 Å². The molecule has 1 aromatic carbocycles. The van der Waals surface area contributed by atoms with Crippen LogP contribution in [-0.4, -0.2) is 30.5 Å². The van der Waals surface area contributed by atoms with Gasteiger partial charge in [0.2, 0.25) is 0 Å². The minimum absolute atomic E-state index is 0.108. The van der Waals surface area contributed by atoms with E-state index in [1.54, 1.807) is 6.92 Å². The van der Waals surface area contributed by atoms with Crippen LogP contribution in [0.4, 0.5) is 5.82 Å². The molecule has 0 aliphatic heterocycles. The average molecular weight is 397 g/mol. The Labute approximate surface area is 166 Å². The van der Waals surface area contributed by atoms with E-state index in [2.05, 4.69) is 15.0 Å². The first-order valence-corrected chi connectivity index (χ1v) is 9.34. The third-order valence-corrected chi connectivity index (χ3v) is 5.01. The summed E-state index contributed by atoms with van der Waals surface area (Å²) in [5.74, 6) is 0.458. The molecule has 3 heterocycles. The summed E-state index contributed by atoms with van der Waals surface area (Å²) in [6, 6.07) is 5.77. The van der Waals surface area contributed by atoms with Gasteiger partial charge in [-0.1, -0.05) is 23.7 Å². The molecule has 0 aliphatic rings. The van der Waals surface area contributed by atoms with Crippen LogP contribution in [0.15, 0.2) is 24.5 Å². The third kappa shape index (κ3) is 2.92. The van der Waals surface area contributed by atoms with Crippen LogP contribution in [0.3, 0.4) is 0 Å². The number of Topliss-reactive ketones (excluding diaryl/α,β-unsaturated/α-hetero) is 1. The molecule has 0 fully saturated rings. The summed E-state index contributed by atoms with van der Waals surface area (Å²) in [4.78, 5) is 23.3. The number of nitrogen functional groups attached to an aromatic ring is 1. The summed E-state index contributed by atoms with van der Waals surface area (Å²) in [5.41, 5.74) is 9.56. The number of benzene rings is 1. The number of hydrogen-bond donors (Lipinski definition) is 2. The van der Waals surface area contributed by atoms with Crippen LogP contribution in [0.5, 0.6) is 0 Å². The van der Waals surface area contributed by atoms with E-state index in [1.165, 1.54) is 6.33 Å². The highest BCUT2D eigenvalue weighted by Crippen LogP contribution is 2.39. The molecule has 0 spiro atoms. The first kappa shape index (κ1) is 18.4. The quantitative estimate of drug-likeness (QED) is 0.542. The number of nitrogens with one attached hydrogen (secondary N) is 1. The Kier molecular flexibility index (Phi) is 4.15. The maximum Gasteiger partial charge on any atom is 0.164 e. The summed E-state index contributed by atoms with van der Waals surface area (Å²) in [7, 11) is 0. The lowest BCUT2D eigenvalue weighted by Gasteiger charge is -2.19. The summed E-state index contributed by atoms with van der Waals surface area (Å²) in [6.45, 7) is 7.71. The van der Waals surface area contributed by atoms with E-state index >= 15 is 0 Å². The summed E-state index contributed by atoms with van der Waals surface area (Å²) < 4.78 is 1.83. The summed E-state index contributed by atoms with van der Waals surface area (Å²) in [5, 5.41) is 6.85. The predicted molar refractivity (Wildman–Crippen MR) is 111 cm³/mol. The van der Waals surface area contributed by atoms with Crippen LogP contribution in [0.25, 0.3) is 33.3 Å². The number of nitrogens with two attached hydrogens (primary N) is 1. The average Bonchev–Trinajstić information content (AvgIpc) is 3.13. The number of ketones is 1. The largest absolute Gasteiger partial charge is 0.383 e. The second kappa shape index (κ2) is 6.31. The molecule has 4 rings (SSSR count). The number of hydrogen-bond acceptors (Lipinski definition) is 5. The number of carbonyl (C=O) groups excluding carboxylic acids is 1. The van der Waals surface area contributed by atoms with Crippen molar-refractivity contribution in [3.63, 3.8) is 0 Å². The van der Waals surface area contributed by atoms with Crippen LogP contribution in [0.1, 0.15) is 33.3 Å². The summed E-state index contributed by atoms with van der Waals surface area (Å²) >= 11 is 6.70. The van der Waals surface area contributed by atoms with Gasteiger partial charge in [-0.15, -0.1) is 0 Å². The molecule has 7 nitrogen and oxygen atoms in total. The highest BCUT2D eigenvalue weighted by Gasteiger charge is 2.26. The molecule has 3 aromatic heterocycles. The molecule has 0 bridgehead atoms. The minimum Gasteiger partial charge on any atom is -0.383 e. The smallest absolute Gasteiger partial charge is 0.164 e. The van der Waals surface area contributed by atoms with Crippen molar-refractivity contribution < 1.29 is 4.79 Å². The minimum atomic E-state index is -0.301. The number of carbonyl (C=O) groups is 1. The lowest BCUT2D eigenvalue weighted by molar-refractivity contribution is -0.116. The normalized spacial score (nSPS) is 12.2. The fraction of sp³-hybridized carbons (Fsp3) is 0.300. The maximum atomic E-state index is 11.4. The van der Waals surface area contributed by atoms with Gasteiger partial charge in [0.05, 0.1) is 21.6 Å². The number of H-pyrrole nitrogens is 1. The molecule has 0 atom stereocenters. The van der Waals surface area contributed by atoms with Gasteiger partial charge < -0.3 is 10.7 Å². The van der Waals surface area contributed by atoms with Crippen molar-refractivity contribution in [2.45, 2.75) is 39.7 Å². The van der Waals surface area contributed by atoms with Crippen molar-refractivity contribution in [1.29, 1.82) is 0 Å². The molecule has 0 amide bonds.